The maximum Gasteiger partial charge on any atom is 0.287 e. The summed E-state index contributed by atoms with van der Waals surface area (Å²) in [5.74, 6) is -0.314. The topological polar surface area (TPSA) is 69.8 Å². The van der Waals surface area contributed by atoms with Gasteiger partial charge in [-0.15, -0.1) is 0 Å². The molecule has 0 atom stereocenters. The number of amides is 1. The molecule has 0 unspecified atom stereocenters. The molecule has 3 N–H and O–H groups in total. The molecule has 0 aliphatic carbocycles. The first-order valence-corrected chi connectivity index (χ1v) is 10.2. The molecule has 3 aromatic carbocycles. The van der Waals surface area contributed by atoms with E-state index in [1.54, 1.807) is 6.07 Å². The quantitative estimate of drug-likeness (QED) is 0.368. The summed E-state index contributed by atoms with van der Waals surface area (Å²) in [4.78, 5) is 12.5. The number of aromatic nitrogens is 2. The van der Waals surface area contributed by atoms with Crippen LogP contribution in [0.5, 0.6) is 0 Å². The molecule has 0 bridgehead atoms. The average molecular weight is 409 g/mol. The molecular weight excluding hydrogens is 384 g/mol. The van der Waals surface area contributed by atoms with E-state index >= 15 is 0 Å². The van der Waals surface area contributed by atoms with Gasteiger partial charge in [0, 0.05) is 5.56 Å². The van der Waals surface area contributed by atoms with Gasteiger partial charge in [0.05, 0.1) is 11.4 Å². The molecule has 31 heavy (non-hydrogen) atoms. The first-order valence-electron chi connectivity index (χ1n) is 10.2. The summed E-state index contributed by atoms with van der Waals surface area (Å²) in [6.07, 6.45) is 0.985. The van der Waals surface area contributed by atoms with Crippen LogP contribution in [0.25, 0.3) is 28.1 Å². The fourth-order valence-electron chi connectivity index (χ4n) is 3.26. The molecule has 5 heteroatoms. The Hall–Kier alpha value is -4.12. The van der Waals surface area contributed by atoms with Crippen LogP contribution in [0.2, 0.25) is 0 Å². The van der Waals surface area contributed by atoms with Crippen LogP contribution in [0.15, 0.2) is 91.5 Å². The molecule has 0 saturated heterocycles. The number of hydrazine groups is 1. The van der Waals surface area contributed by atoms with Crippen LogP contribution >= 0.6 is 0 Å². The van der Waals surface area contributed by atoms with Crippen LogP contribution in [0, 0.1) is 0 Å². The fraction of sp³-hybridized carbons (Fsp3) is 0.0769. The first kappa shape index (κ1) is 20.2. The van der Waals surface area contributed by atoms with E-state index < -0.39 is 0 Å². The predicted molar refractivity (Wildman–Crippen MR) is 125 cm³/mol. The Kier molecular flexibility index (Phi) is 5.94. The number of nitrogens with zero attached hydrogens (tertiary/aromatic N) is 1. The van der Waals surface area contributed by atoms with Gasteiger partial charge in [-0.05, 0) is 34.7 Å². The molecule has 4 aromatic rings. The normalized spacial score (nSPS) is 10.5. The molecule has 5 nitrogen and oxygen atoms in total. The van der Waals surface area contributed by atoms with E-state index in [1.807, 2.05) is 54.6 Å². The third-order valence-electron chi connectivity index (χ3n) is 5.15. The van der Waals surface area contributed by atoms with Crippen molar-refractivity contribution in [3.63, 3.8) is 0 Å². The molecule has 1 heterocycles. The first-order chi connectivity index (χ1) is 15.1. The lowest BCUT2D eigenvalue weighted by molar-refractivity contribution is 0.0937. The highest BCUT2D eigenvalue weighted by molar-refractivity contribution is 5.93. The Labute approximate surface area is 181 Å². The number of carbonyl (C=O) groups excluding carboxylic acids is 1. The van der Waals surface area contributed by atoms with Gasteiger partial charge >= 0.3 is 0 Å². The largest absolute Gasteiger partial charge is 0.298 e. The van der Waals surface area contributed by atoms with Crippen molar-refractivity contribution in [2.45, 2.75) is 13.3 Å². The zero-order valence-corrected chi connectivity index (χ0v) is 17.4. The number of nitrogens with one attached hydrogen (secondary N) is 3. The number of aryl methyl sites for hydroxylation is 1. The number of hydrogen-bond donors (Lipinski definition) is 3. The highest BCUT2D eigenvalue weighted by Gasteiger charge is 2.11. The molecule has 0 saturated carbocycles. The highest BCUT2D eigenvalue weighted by Crippen LogP contribution is 2.21. The van der Waals surface area contributed by atoms with E-state index in [4.69, 9.17) is 0 Å². The van der Waals surface area contributed by atoms with Crippen molar-refractivity contribution >= 4 is 11.6 Å². The summed E-state index contributed by atoms with van der Waals surface area (Å²) in [5.41, 5.74) is 12.6. The van der Waals surface area contributed by atoms with Crippen molar-refractivity contribution in [1.29, 1.82) is 0 Å². The van der Waals surface area contributed by atoms with E-state index in [-0.39, 0.29) is 5.91 Å². The van der Waals surface area contributed by atoms with Crippen molar-refractivity contribution in [2.75, 3.05) is 0 Å². The van der Waals surface area contributed by atoms with Gasteiger partial charge in [-0.25, -0.2) is 0 Å². The highest BCUT2D eigenvalue weighted by atomic mass is 16.2. The van der Waals surface area contributed by atoms with Crippen LogP contribution in [-0.2, 0) is 6.42 Å². The number of benzene rings is 3. The van der Waals surface area contributed by atoms with Crippen molar-refractivity contribution in [1.82, 2.24) is 21.0 Å². The molecule has 0 aliphatic rings. The van der Waals surface area contributed by atoms with Crippen molar-refractivity contribution in [2.24, 2.45) is 0 Å². The molecular formula is C26H24N4O. The molecule has 1 aromatic heterocycles. The Morgan fingerprint density at radius 3 is 2.19 bits per heavy atom. The molecule has 154 valence electrons. The van der Waals surface area contributed by atoms with E-state index in [1.165, 1.54) is 5.56 Å². The second-order valence-corrected chi connectivity index (χ2v) is 7.22. The van der Waals surface area contributed by atoms with Crippen molar-refractivity contribution in [3.8, 4) is 22.4 Å². The van der Waals surface area contributed by atoms with Gasteiger partial charge in [0.15, 0.2) is 0 Å². The summed E-state index contributed by atoms with van der Waals surface area (Å²) in [6, 6.07) is 28.1. The molecule has 1 amide bonds. The third kappa shape index (κ3) is 4.73. The Balaban J connectivity index is 1.36. The maximum atomic E-state index is 12.5. The summed E-state index contributed by atoms with van der Waals surface area (Å²) in [5, 5.41) is 7.04. The summed E-state index contributed by atoms with van der Waals surface area (Å²) in [6.45, 7) is 6.13. The predicted octanol–water partition coefficient (Wildman–Crippen LogP) is 5.21. The minimum atomic E-state index is -0.314. The SMILES string of the molecule is C=C(NNC(=O)c1cc(-c2ccc(CC)cc2)n[nH]1)c1ccc(-c2ccccc2)cc1. The zero-order valence-electron chi connectivity index (χ0n) is 17.4. The lowest BCUT2D eigenvalue weighted by Crippen LogP contribution is -2.36. The molecule has 0 spiro atoms. The number of H-pyrrole nitrogens is 1. The Bertz CT molecular complexity index is 1180. The molecule has 0 aliphatic heterocycles. The minimum Gasteiger partial charge on any atom is -0.298 e. The minimum absolute atomic E-state index is 0.314. The van der Waals surface area contributed by atoms with Crippen molar-refractivity contribution in [3.05, 3.63) is 108 Å². The maximum absolute atomic E-state index is 12.5. The van der Waals surface area contributed by atoms with E-state index in [0.717, 1.165) is 34.4 Å². The fourth-order valence-corrected chi connectivity index (χ4v) is 3.26. The van der Waals surface area contributed by atoms with Crippen LogP contribution in [0.4, 0.5) is 0 Å². The molecule has 4 rings (SSSR count). The molecule has 0 fully saturated rings. The second-order valence-electron chi connectivity index (χ2n) is 7.22. The number of carbonyl (C=O) groups is 1. The van der Waals surface area contributed by atoms with E-state index in [9.17, 15) is 4.79 Å². The zero-order chi connectivity index (χ0) is 21.6. The van der Waals surface area contributed by atoms with Crippen LogP contribution in [0.1, 0.15) is 28.5 Å². The van der Waals surface area contributed by atoms with Gasteiger partial charge in [-0.2, -0.15) is 5.10 Å². The van der Waals surface area contributed by atoms with Gasteiger partial charge in [0.2, 0.25) is 0 Å². The summed E-state index contributed by atoms with van der Waals surface area (Å²) < 4.78 is 0. The van der Waals surface area contributed by atoms with Crippen LogP contribution < -0.4 is 10.9 Å². The lowest BCUT2D eigenvalue weighted by Gasteiger charge is -2.11. The summed E-state index contributed by atoms with van der Waals surface area (Å²) >= 11 is 0. The summed E-state index contributed by atoms with van der Waals surface area (Å²) in [7, 11) is 0. The number of hydrogen-bond acceptors (Lipinski definition) is 3. The van der Waals surface area contributed by atoms with Gasteiger partial charge in [0.1, 0.15) is 5.69 Å². The average Bonchev–Trinajstić information content (AvgIpc) is 3.33. The number of aromatic amines is 1. The molecule has 0 radical (unpaired) electrons. The standard InChI is InChI=1S/C26H24N4O/c1-3-19-9-11-23(12-10-19)24-17-25(29-28-24)26(31)30-27-18(2)20-13-15-22(16-14-20)21-7-5-4-6-8-21/h4-17,27H,2-3H2,1H3,(H,28,29)(H,30,31). The smallest absolute Gasteiger partial charge is 0.287 e. The van der Waals surface area contributed by atoms with Crippen molar-refractivity contribution < 1.29 is 4.79 Å². The second kappa shape index (κ2) is 9.13. The third-order valence-corrected chi connectivity index (χ3v) is 5.15. The van der Waals surface area contributed by atoms with Crippen LogP contribution in [0.3, 0.4) is 0 Å². The lowest BCUT2D eigenvalue weighted by atomic mass is 10.0. The van der Waals surface area contributed by atoms with Gasteiger partial charge < -0.3 is 0 Å². The van der Waals surface area contributed by atoms with E-state index in [0.29, 0.717) is 11.4 Å². The Morgan fingerprint density at radius 2 is 1.52 bits per heavy atom. The number of rotatable bonds is 7. The monoisotopic (exact) mass is 408 g/mol. The van der Waals surface area contributed by atoms with Gasteiger partial charge in [0.25, 0.3) is 5.91 Å². The van der Waals surface area contributed by atoms with Crippen LogP contribution in [-0.4, -0.2) is 16.1 Å². The van der Waals surface area contributed by atoms with Gasteiger partial charge in [-0.3, -0.25) is 20.7 Å². The van der Waals surface area contributed by atoms with E-state index in [2.05, 4.69) is 58.8 Å². The Morgan fingerprint density at radius 1 is 0.871 bits per heavy atom. The van der Waals surface area contributed by atoms with Gasteiger partial charge in [-0.1, -0.05) is 92.4 Å².